The van der Waals surface area contributed by atoms with E-state index in [1.54, 1.807) is 0 Å². The first-order chi connectivity index (χ1) is 1.41. The standard InChI is InChI=1S/CH2Cl2.Os/c2-1-3;/h1H2;. The predicted octanol–water partition coefficient (Wildman–Crippen LogP) is 1.42. The second kappa shape index (κ2) is 8.88. The summed E-state index contributed by atoms with van der Waals surface area (Å²) < 4.78 is 0. The molecular formula is CH2Cl2Os. The van der Waals surface area contributed by atoms with Gasteiger partial charge in [0.25, 0.3) is 0 Å². The van der Waals surface area contributed by atoms with Crippen LogP contribution in [0.3, 0.4) is 0 Å². The van der Waals surface area contributed by atoms with Crippen molar-refractivity contribution in [3.05, 3.63) is 0 Å². The minimum absolute atomic E-state index is 0. The summed E-state index contributed by atoms with van der Waals surface area (Å²) in [7, 11) is 0. The third kappa shape index (κ3) is 10.7. The molecular weight excluding hydrogens is 273 g/mol. The maximum Gasteiger partial charge on any atom is 0.0967 e. The van der Waals surface area contributed by atoms with Gasteiger partial charge < -0.3 is 0 Å². The smallest absolute Gasteiger partial charge is 0.0967 e. The Bertz CT molecular complexity index is 6.00. The molecule has 0 aliphatic heterocycles. The van der Waals surface area contributed by atoms with E-state index in [1.807, 2.05) is 0 Å². The Kier molecular flexibility index (Phi) is 19.9. The molecule has 0 radical (unpaired) electrons. The molecule has 0 spiro atoms. The molecule has 0 aliphatic carbocycles. The Morgan fingerprint density at radius 2 is 1.25 bits per heavy atom. The van der Waals surface area contributed by atoms with E-state index in [4.69, 9.17) is 23.2 Å². The van der Waals surface area contributed by atoms with Crippen LogP contribution in [0.5, 0.6) is 0 Å². The number of halogens is 2. The van der Waals surface area contributed by atoms with E-state index in [0.29, 0.717) is 0 Å². The van der Waals surface area contributed by atoms with Crippen LogP contribution < -0.4 is 0 Å². The van der Waals surface area contributed by atoms with Crippen molar-refractivity contribution >= 4 is 23.2 Å². The van der Waals surface area contributed by atoms with Crippen LogP contribution in [0, 0.1) is 0 Å². The van der Waals surface area contributed by atoms with Crippen molar-refractivity contribution in [3.8, 4) is 0 Å². The third-order valence-electron chi connectivity index (χ3n) is 0. The molecule has 0 heterocycles. The van der Waals surface area contributed by atoms with Gasteiger partial charge in [0.15, 0.2) is 0 Å². The predicted molar refractivity (Wildman–Crippen MR) is 16.6 cm³/mol. The van der Waals surface area contributed by atoms with E-state index < -0.39 is 0 Å². The first-order valence-corrected chi connectivity index (χ1v) is 1.60. The van der Waals surface area contributed by atoms with Gasteiger partial charge in [-0.1, -0.05) is 0 Å². The Balaban J connectivity index is 0. The first kappa shape index (κ1) is 8.96. The van der Waals surface area contributed by atoms with Crippen LogP contribution in [0.25, 0.3) is 0 Å². The van der Waals surface area contributed by atoms with Crippen molar-refractivity contribution in [2.75, 3.05) is 5.34 Å². The second-order valence-electron chi connectivity index (χ2n) is 0.101. The molecule has 3 heteroatoms. The minimum atomic E-state index is 0. The van der Waals surface area contributed by atoms with Crippen molar-refractivity contribution in [1.29, 1.82) is 0 Å². The number of rotatable bonds is 0. The second-order valence-corrected chi connectivity index (χ2v) is 0.909. The van der Waals surface area contributed by atoms with E-state index in [2.05, 4.69) is 0 Å². The monoisotopic (exact) mass is 276 g/mol. The van der Waals surface area contributed by atoms with Crippen molar-refractivity contribution in [3.63, 3.8) is 0 Å². The fourth-order valence-corrected chi connectivity index (χ4v) is 0. The molecule has 0 unspecified atom stereocenters. The van der Waals surface area contributed by atoms with Gasteiger partial charge >= 0.3 is 0 Å². The van der Waals surface area contributed by atoms with Gasteiger partial charge in [-0.15, -0.1) is 23.2 Å². The summed E-state index contributed by atoms with van der Waals surface area (Å²) in [6, 6.07) is 0. The zero-order valence-electron chi connectivity index (χ0n) is 1.82. The molecule has 28 valence electrons. The van der Waals surface area contributed by atoms with Gasteiger partial charge in [0, 0.05) is 19.8 Å². The molecule has 4 heavy (non-hydrogen) atoms. The quantitative estimate of drug-likeness (QED) is 0.587. The van der Waals surface area contributed by atoms with Crippen LogP contribution in [-0.4, -0.2) is 5.34 Å². The molecule has 0 nitrogen and oxygen atoms in total. The zero-order chi connectivity index (χ0) is 2.71. The Morgan fingerprint density at radius 1 is 1.25 bits per heavy atom. The van der Waals surface area contributed by atoms with Gasteiger partial charge in [-0.2, -0.15) is 0 Å². The average Bonchev–Trinajstić information content (AvgIpc) is 0.918. The largest absolute Gasteiger partial charge is 0.109 e. The van der Waals surface area contributed by atoms with Crippen molar-refractivity contribution in [1.82, 2.24) is 0 Å². The topological polar surface area (TPSA) is 0 Å². The SMILES string of the molecule is ClCCl.[Os]. The van der Waals surface area contributed by atoms with Gasteiger partial charge in [-0.3, -0.25) is 0 Å². The number of hydrogen-bond acceptors (Lipinski definition) is 0. The molecule has 0 rings (SSSR count). The molecule has 0 N–H and O–H groups in total. The number of alkyl halides is 2. The molecule has 0 fully saturated rings. The molecule has 0 aliphatic rings. The third-order valence-corrected chi connectivity index (χ3v) is 0. The summed E-state index contributed by atoms with van der Waals surface area (Å²) >= 11 is 9.53. The van der Waals surface area contributed by atoms with Crippen molar-refractivity contribution < 1.29 is 19.8 Å². The van der Waals surface area contributed by atoms with Crippen LogP contribution in [0.2, 0.25) is 0 Å². The summed E-state index contributed by atoms with van der Waals surface area (Å²) in [6.07, 6.45) is 0. The molecule has 0 aromatic heterocycles. The van der Waals surface area contributed by atoms with E-state index in [-0.39, 0.29) is 25.1 Å². The molecule has 0 saturated carbocycles. The zero-order valence-corrected chi connectivity index (χ0v) is 5.87. The Morgan fingerprint density at radius 3 is 1.25 bits per heavy atom. The number of hydrogen-bond donors (Lipinski definition) is 0. The summed E-state index contributed by atoms with van der Waals surface area (Å²) in [5, 5.41) is 0.194. The molecule has 0 saturated heterocycles. The summed E-state index contributed by atoms with van der Waals surface area (Å²) in [6.45, 7) is 0. The molecule has 0 bridgehead atoms. The Labute approximate surface area is 48.5 Å². The van der Waals surface area contributed by atoms with Gasteiger partial charge in [0.05, 0.1) is 5.34 Å². The fourth-order valence-electron chi connectivity index (χ4n) is 0. The average molecular weight is 275 g/mol. The minimum Gasteiger partial charge on any atom is -0.109 e. The van der Waals surface area contributed by atoms with Crippen LogP contribution in [0.1, 0.15) is 0 Å². The first-order valence-electron chi connectivity index (χ1n) is 0.535. The van der Waals surface area contributed by atoms with Crippen molar-refractivity contribution in [2.24, 2.45) is 0 Å². The normalized spacial score (nSPS) is 4.50. The van der Waals surface area contributed by atoms with Gasteiger partial charge in [0.2, 0.25) is 0 Å². The van der Waals surface area contributed by atoms with Gasteiger partial charge in [0.1, 0.15) is 0 Å². The van der Waals surface area contributed by atoms with Gasteiger partial charge in [-0.25, -0.2) is 0 Å². The van der Waals surface area contributed by atoms with Crippen LogP contribution in [0.15, 0.2) is 0 Å². The fraction of sp³-hybridized carbons (Fsp3) is 1.00. The molecule has 0 aromatic rings. The Hall–Kier alpha value is 1.22. The maximum absolute atomic E-state index is 4.76. The van der Waals surface area contributed by atoms with E-state index >= 15 is 0 Å². The van der Waals surface area contributed by atoms with Crippen LogP contribution >= 0.6 is 23.2 Å². The summed E-state index contributed by atoms with van der Waals surface area (Å²) in [5.74, 6) is 0. The molecule has 0 atom stereocenters. The van der Waals surface area contributed by atoms with E-state index in [1.165, 1.54) is 0 Å². The van der Waals surface area contributed by atoms with E-state index in [0.717, 1.165) is 0 Å². The molecule has 0 aromatic carbocycles. The summed E-state index contributed by atoms with van der Waals surface area (Å²) in [4.78, 5) is 0. The summed E-state index contributed by atoms with van der Waals surface area (Å²) in [5.41, 5.74) is 0. The van der Waals surface area contributed by atoms with Crippen LogP contribution in [0.4, 0.5) is 0 Å². The maximum atomic E-state index is 4.76. The molecule has 0 amide bonds. The van der Waals surface area contributed by atoms with E-state index in [9.17, 15) is 0 Å². The van der Waals surface area contributed by atoms with Crippen LogP contribution in [-0.2, 0) is 19.8 Å². The van der Waals surface area contributed by atoms with Crippen molar-refractivity contribution in [2.45, 2.75) is 0 Å². The van der Waals surface area contributed by atoms with Gasteiger partial charge in [-0.05, 0) is 0 Å².